The van der Waals surface area contributed by atoms with Gasteiger partial charge in [-0.3, -0.25) is 24.0 Å². The van der Waals surface area contributed by atoms with E-state index in [9.17, 15) is 24.0 Å². The maximum absolute atomic E-state index is 13.1. The first-order chi connectivity index (χ1) is 34.8. The van der Waals surface area contributed by atoms with Gasteiger partial charge in [0.25, 0.3) is 0 Å². The highest BCUT2D eigenvalue weighted by atomic mass is 16.5. The molecular weight excluding hydrogens is 925 g/mol. The van der Waals surface area contributed by atoms with E-state index in [0.717, 1.165) is 51.9 Å². The molecule has 4 fully saturated rings. The number of carbonyl (C=O) groups is 5. The third kappa shape index (κ3) is 10.5. The van der Waals surface area contributed by atoms with Gasteiger partial charge in [0.1, 0.15) is 0 Å². The van der Waals surface area contributed by atoms with Crippen LogP contribution in [0, 0.1) is 31.6 Å². The molecule has 0 bridgehead atoms. The molecule has 20 nitrogen and oxygen atoms in total. The van der Waals surface area contributed by atoms with Crippen LogP contribution in [0.15, 0.2) is 116 Å². The van der Waals surface area contributed by atoms with Crippen molar-refractivity contribution >= 4 is 68.7 Å². The van der Waals surface area contributed by atoms with E-state index < -0.39 is 5.97 Å². The second-order valence-electron chi connectivity index (χ2n) is 18.4. The normalized spacial score (nSPS) is 18.8. The number of likely N-dealkylation sites (tertiary alicyclic amines) is 2. The minimum absolute atomic E-state index is 0.00139. The average molecular weight is 979 g/mol. The molecule has 4 saturated heterocycles. The van der Waals surface area contributed by atoms with E-state index in [-0.39, 0.29) is 66.0 Å². The van der Waals surface area contributed by atoms with Crippen molar-refractivity contribution in [3.8, 4) is 11.4 Å². The monoisotopic (exact) mass is 978 g/mol. The summed E-state index contributed by atoms with van der Waals surface area (Å²) in [5.74, 6) is -0.522. The Labute approximate surface area is 413 Å². The van der Waals surface area contributed by atoms with Gasteiger partial charge >= 0.3 is 5.97 Å². The molecule has 0 saturated carbocycles. The zero-order valence-electron chi connectivity index (χ0n) is 39.8. The van der Waals surface area contributed by atoms with Gasteiger partial charge in [0.15, 0.2) is 17.0 Å². The van der Waals surface area contributed by atoms with Crippen molar-refractivity contribution in [2.45, 2.75) is 58.3 Å². The SMILES string of the molecule is Cc1noc2cc(-c3noc(C4CCN(C(=O)C5CC(=O)N(c6ccccc6)C5)CC4)n3)ccc12.Cc1noc2cc(/C(N)=N/O)ccc12.O=C(O)C1CCN(C(=O)C2CC(=O)N(c3ccccc3)C2)CC1. The van der Waals surface area contributed by atoms with E-state index in [2.05, 4.69) is 25.6 Å². The molecule has 372 valence electrons. The summed E-state index contributed by atoms with van der Waals surface area (Å²) in [5, 5.41) is 34.3. The molecule has 20 heteroatoms. The zero-order chi connectivity index (χ0) is 50.5. The van der Waals surface area contributed by atoms with Crippen molar-refractivity contribution in [3.63, 3.8) is 0 Å². The van der Waals surface area contributed by atoms with Crippen molar-refractivity contribution in [2.75, 3.05) is 49.1 Å². The summed E-state index contributed by atoms with van der Waals surface area (Å²) in [6.45, 7) is 6.75. The first-order valence-corrected chi connectivity index (χ1v) is 23.9. The first-order valence-electron chi connectivity index (χ1n) is 23.9. The van der Waals surface area contributed by atoms with Gasteiger partial charge in [-0.05, 0) is 88.1 Å². The van der Waals surface area contributed by atoms with E-state index in [4.69, 9.17) is 29.6 Å². The second-order valence-corrected chi connectivity index (χ2v) is 18.4. The molecule has 0 radical (unpaired) electrons. The molecule has 2 atom stereocenters. The van der Waals surface area contributed by atoms with Crippen LogP contribution < -0.4 is 15.5 Å². The summed E-state index contributed by atoms with van der Waals surface area (Å²) < 4.78 is 16.0. The van der Waals surface area contributed by atoms with Gasteiger partial charge in [-0.1, -0.05) is 69.2 Å². The fourth-order valence-corrected chi connectivity index (χ4v) is 9.67. The molecule has 72 heavy (non-hydrogen) atoms. The molecule has 4 aromatic carbocycles. The van der Waals surface area contributed by atoms with E-state index in [0.29, 0.717) is 80.6 Å². The van der Waals surface area contributed by atoms with Gasteiger partial charge in [0.2, 0.25) is 35.3 Å². The van der Waals surface area contributed by atoms with Gasteiger partial charge in [-0.15, -0.1) is 0 Å². The van der Waals surface area contributed by atoms with Crippen molar-refractivity contribution in [1.82, 2.24) is 30.3 Å². The maximum atomic E-state index is 13.1. The Morgan fingerprint density at radius 1 is 0.639 bits per heavy atom. The summed E-state index contributed by atoms with van der Waals surface area (Å²) in [6, 6.07) is 29.9. The van der Waals surface area contributed by atoms with Crippen molar-refractivity contribution < 1.29 is 47.9 Å². The summed E-state index contributed by atoms with van der Waals surface area (Å²) in [4.78, 5) is 73.0. The van der Waals surface area contributed by atoms with Gasteiger partial charge < -0.3 is 49.2 Å². The first kappa shape index (κ1) is 48.6. The number of aromatic nitrogens is 4. The number of amidine groups is 1. The minimum atomic E-state index is -0.789. The number of fused-ring (bicyclic) bond motifs is 2. The number of aryl methyl sites for hydroxylation is 2. The van der Waals surface area contributed by atoms with Gasteiger partial charge in [-0.25, -0.2) is 0 Å². The molecule has 4 aliphatic rings. The number of rotatable bonds is 8. The molecule has 4 amide bonds. The zero-order valence-corrected chi connectivity index (χ0v) is 39.8. The third-order valence-corrected chi connectivity index (χ3v) is 13.8. The molecular formula is C52H54N10O10. The Balaban J connectivity index is 0.000000148. The van der Waals surface area contributed by atoms with Crippen LogP contribution in [0.4, 0.5) is 11.4 Å². The highest BCUT2D eigenvalue weighted by molar-refractivity contribution is 6.02. The lowest BCUT2D eigenvalue weighted by Crippen LogP contribution is -2.43. The van der Waals surface area contributed by atoms with Crippen LogP contribution in [-0.4, -0.2) is 115 Å². The maximum Gasteiger partial charge on any atom is 0.306 e. The number of amides is 4. The van der Waals surface area contributed by atoms with Crippen LogP contribution >= 0.6 is 0 Å². The van der Waals surface area contributed by atoms with Crippen LogP contribution in [0.25, 0.3) is 33.3 Å². The Morgan fingerprint density at radius 3 is 1.65 bits per heavy atom. The molecule has 7 heterocycles. The average Bonchev–Trinajstić information content (AvgIpc) is 4.28. The summed E-state index contributed by atoms with van der Waals surface area (Å²) >= 11 is 0. The molecule has 2 unspecified atom stereocenters. The largest absolute Gasteiger partial charge is 0.481 e. The van der Waals surface area contributed by atoms with Gasteiger partial charge in [0.05, 0.1) is 29.1 Å². The van der Waals surface area contributed by atoms with Crippen LogP contribution in [0.2, 0.25) is 0 Å². The molecule has 0 aliphatic carbocycles. The second kappa shape index (κ2) is 21.3. The smallest absolute Gasteiger partial charge is 0.306 e. The van der Waals surface area contributed by atoms with Crippen molar-refractivity contribution in [1.29, 1.82) is 0 Å². The Bertz CT molecular complexity index is 3120. The number of anilines is 2. The number of hydrogen-bond donors (Lipinski definition) is 3. The number of para-hydroxylation sites is 2. The quantitative estimate of drug-likeness (QED) is 0.0632. The van der Waals surface area contributed by atoms with Gasteiger partial charge in [-0.2, -0.15) is 4.98 Å². The van der Waals surface area contributed by atoms with E-state index in [1.54, 1.807) is 26.8 Å². The van der Waals surface area contributed by atoms with Gasteiger partial charge in [0, 0.05) is 91.3 Å². The summed E-state index contributed by atoms with van der Waals surface area (Å²) in [5.41, 5.74) is 11.5. The Kier molecular flexibility index (Phi) is 14.4. The number of carboxylic acids is 1. The third-order valence-electron chi connectivity index (χ3n) is 13.8. The number of carbonyl (C=O) groups excluding carboxylic acids is 4. The number of oxime groups is 1. The molecule has 11 rings (SSSR count). The summed E-state index contributed by atoms with van der Waals surface area (Å²) in [7, 11) is 0. The lowest BCUT2D eigenvalue weighted by molar-refractivity contribution is -0.146. The highest BCUT2D eigenvalue weighted by Gasteiger charge is 2.40. The standard InChI is InChI=1S/C26H25N5O4.C17H20N2O4.C9H9N3O2/c1-16-21-8-7-18(13-22(21)34-28-16)24-27-25(35-29-24)17-9-11-30(12-10-17)26(33)19-14-23(32)31(15-19)20-5-3-2-4-6-20;20-15-10-13(11-19(15)14-4-2-1-3-5-14)16(21)18-8-6-12(7-9-18)17(22)23;1-5-7-3-2-6(9(10)11-13)4-8(7)14-12-5/h2-8,13,17,19H,9-12,14-15H2,1H3;1-5,12-13H,6-11H2,(H,22,23);2-4,13H,1H3,(H2,10,11). The van der Waals surface area contributed by atoms with E-state index in [1.807, 2.05) is 104 Å². The number of nitrogens with two attached hydrogens (primary N) is 1. The number of piperidine rings is 2. The van der Waals surface area contributed by atoms with Crippen LogP contribution in [0.1, 0.15) is 67.3 Å². The summed E-state index contributed by atoms with van der Waals surface area (Å²) in [6.07, 6.45) is 2.96. The van der Waals surface area contributed by atoms with Crippen molar-refractivity contribution in [3.05, 3.63) is 120 Å². The molecule has 0 spiro atoms. The van der Waals surface area contributed by atoms with E-state index >= 15 is 0 Å². The predicted molar refractivity (Wildman–Crippen MR) is 263 cm³/mol. The minimum Gasteiger partial charge on any atom is -0.481 e. The fourth-order valence-electron chi connectivity index (χ4n) is 9.67. The molecule has 4 aliphatic heterocycles. The molecule has 7 aromatic rings. The van der Waals surface area contributed by atoms with Crippen LogP contribution in [0.5, 0.6) is 0 Å². The number of aliphatic carboxylic acids is 1. The number of hydrogen-bond acceptors (Lipinski definition) is 14. The predicted octanol–water partition coefficient (Wildman–Crippen LogP) is 6.54. The fraction of sp³-hybridized carbons (Fsp3) is 0.346. The number of nitrogens with zero attached hydrogens (tertiary/aromatic N) is 9. The van der Waals surface area contributed by atoms with Crippen molar-refractivity contribution in [2.24, 2.45) is 28.6 Å². The lowest BCUT2D eigenvalue weighted by atomic mass is 9.95. The van der Waals surface area contributed by atoms with Crippen LogP contribution in [0.3, 0.4) is 0 Å². The Morgan fingerprint density at radius 2 is 1.14 bits per heavy atom. The number of carboxylic acid groups (broad SMARTS) is 1. The topological polar surface area (TPSA) is 268 Å². The highest BCUT2D eigenvalue weighted by Crippen LogP contribution is 2.33. The number of benzene rings is 4. The lowest BCUT2D eigenvalue weighted by Gasteiger charge is -2.32. The van der Waals surface area contributed by atoms with Crippen LogP contribution in [-0.2, 0) is 24.0 Å². The van der Waals surface area contributed by atoms with E-state index in [1.165, 1.54) is 0 Å². The molecule has 3 aromatic heterocycles. The molecule has 4 N–H and O–H groups in total. The Hall–Kier alpha value is -8.42.